The van der Waals surface area contributed by atoms with Crippen molar-refractivity contribution in [3.63, 3.8) is 0 Å². The number of carbonyl (C=O) groups excluding carboxylic acids is 2. The molecular weight excluding hydrogens is 274 g/mol. The van der Waals surface area contributed by atoms with E-state index in [1.165, 1.54) is 19.2 Å². The van der Waals surface area contributed by atoms with E-state index in [2.05, 4.69) is 5.32 Å². The molecule has 1 aliphatic heterocycles. The Morgan fingerprint density at radius 3 is 2.71 bits per heavy atom. The third kappa shape index (κ3) is 2.84. The first-order chi connectivity index (χ1) is 9.88. The summed E-state index contributed by atoms with van der Waals surface area (Å²) in [7, 11) is 1.47. The zero-order chi connectivity index (χ0) is 15.6. The van der Waals surface area contributed by atoms with Gasteiger partial charge >= 0.3 is 0 Å². The second-order valence-electron chi connectivity index (χ2n) is 5.27. The van der Waals surface area contributed by atoms with Crippen LogP contribution in [0.1, 0.15) is 17.3 Å². The van der Waals surface area contributed by atoms with Gasteiger partial charge in [-0.15, -0.1) is 0 Å². The normalized spacial score (nSPS) is 24.6. The Morgan fingerprint density at radius 2 is 2.19 bits per heavy atom. The minimum Gasteiger partial charge on any atom is -0.495 e. The number of carbonyl (C=O) groups is 2. The Balaban J connectivity index is 2.27. The number of benzene rings is 1. The fourth-order valence-electron chi connectivity index (χ4n) is 2.15. The molecule has 7 heteroatoms. The summed E-state index contributed by atoms with van der Waals surface area (Å²) in [6, 6.07) is 4.19. The second-order valence-corrected chi connectivity index (χ2v) is 5.27. The van der Waals surface area contributed by atoms with Gasteiger partial charge in [-0.3, -0.25) is 9.59 Å². The first-order valence-electron chi connectivity index (χ1n) is 6.51. The minimum atomic E-state index is -0.826. The summed E-state index contributed by atoms with van der Waals surface area (Å²) in [5, 5.41) is 2.74. The maximum Gasteiger partial charge on any atom is 0.248 e. The van der Waals surface area contributed by atoms with E-state index in [1.807, 2.05) is 0 Å². The lowest BCUT2D eigenvalue weighted by molar-refractivity contribution is -0.125. The second kappa shape index (κ2) is 5.71. The number of nitrogens with two attached hydrogens (primary N) is 2. The number of anilines is 1. The molecule has 5 N–H and O–H groups in total. The van der Waals surface area contributed by atoms with Gasteiger partial charge < -0.3 is 26.3 Å². The first kappa shape index (κ1) is 15.3. The first-order valence-corrected chi connectivity index (χ1v) is 6.51. The number of amides is 2. The smallest absolute Gasteiger partial charge is 0.248 e. The van der Waals surface area contributed by atoms with Crippen LogP contribution in [-0.2, 0) is 9.53 Å². The number of hydrogen-bond donors (Lipinski definition) is 3. The van der Waals surface area contributed by atoms with E-state index in [9.17, 15) is 9.59 Å². The molecule has 2 atom stereocenters. The van der Waals surface area contributed by atoms with Gasteiger partial charge in [0.2, 0.25) is 11.8 Å². The van der Waals surface area contributed by atoms with Crippen LogP contribution in [0.4, 0.5) is 5.69 Å². The van der Waals surface area contributed by atoms with Crippen molar-refractivity contribution in [2.75, 3.05) is 25.6 Å². The third-order valence-electron chi connectivity index (χ3n) is 3.77. The molecule has 2 rings (SSSR count). The highest BCUT2D eigenvalue weighted by Crippen LogP contribution is 2.31. The zero-order valence-electron chi connectivity index (χ0n) is 12.0. The molecule has 0 saturated carbocycles. The predicted molar refractivity (Wildman–Crippen MR) is 77.0 cm³/mol. The van der Waals surface area contributed by atoms with Gasteiger partial charge in [-0.25, -0.2) is 0 Å². The van der Waals surface area contributed by atoms with Crippen LogP contribution in [-0.4, -0.2) is 38.2 Å². The van der Waals surface area contributed by atoms with Crippen LogP contribution in [0.25, 0.3) is 0 Å². The predicted octanol–water partition coefficient (Wildman–Crippen LogP) is 0.0964. The van der Waals surface area contributed by atoms with Crippen molar-refractivity contribution in [1.29, 1.82) is 0 Å². The Bertz CT molecular complexity index is 575. The molecule has 1 saturated heterocycles. The molecule has 1 heterocycles. The van der Waals surface area contributed by atoms with E-state index < -0.39 is 11.3 Å². The van der Waals surface area contributed by atoms with Crippen LogP contribution in [0.5, 0.6) is 5.75 Å². The maximum atomic E-state index is 12.5. The molecule has 7 nitrogen and oxygen atoms in total. The summed E-state index contributed by atoms with van der Waals surface area (Å²) in [6.45, 7) is 2.32. The number of hydrogen-bond acceptors (Lipinski definition) is 5. The monoisotopic (exact) mass is 293 g/mol. The standard InChI is InChI=1S/C14H19N3O4/c1-14(7-21-6-11(14)15)13(19)17-9-5-8(12(16)18)3-4-10(9)20-2/h3-5,11H,6-7,15H2,1-2H3,(H2,16,18)(H,17,19). The van der Waals surface area contributed by atoms with Crippen LogP contribution >= 0.6 is 0 Å². The van der Waals surface area contributed by atoms with Crippen molar-refractivity contribution in [3.05, 3.63) is 23.8 Å². The van der Waals surface area contributed by atoms with Crippen molar-refractivity contribution >= 4 is 17.5 Å². The lowest BCUT2D eigenvalue weighted by atomic mass is 9.84. The molecule has 0 aliphatic carbocycles. The average molecular weight is 293 g/mol. The summed E-state index contributed by atoms with van der Waals surface area (Å²) < 4.78 is 10.4. The van der Waals surface area contributed by atoms with Crippen molar-refractivity contribution in [3.8, 4) is 5.75 Å². The molecule has 0 aromatic heterocycles. The summed E-state index contributed by atoms with van der Waals surface area (Å²) in [5.74, 6) is -0.433. The Kier molecular flexibility index (Phi) is 4.15. The third-order valence-corrected chi connectivity index (χ3v) is 3.77. The van der Waals surface area contributed by atoms with Crippen molar-refractivity contribution in [2.24, 2.45) is 16.9 Å². The van der Waals surface area contributed by atoms with E-state index in [4.69, 9.17) is 20.9 Å². The number of ether oxygens (including phenoxy) is 2. The highest BCUT2D eigenvalue weighted by atomic mass is 16.5. The van der Waals surface area contributed by atoms with E-state index in [1.54, 1.807) is 13.0 Å². The SMILES string of the molecule is COc1ccc(C(N)=O)cc1NC(=O)C1(C)COCC1N. The topological polar surface area (TPSA) is 117 Å². The molecule has 1 fully saturated rings. The summed E-state index contributed by atoms with van der Waals surface area (Å²) in [4.78, 5) is 23.7. The quantitative estimate of drug-likeness (QED) is 0.727. The fourth-order valence-corrected chi connectivity index (χ4v) is 2.15. The molecular formula is C14H19N3O4. The molecule has 0 spiro atoms. The maximum absolute atomic E-state index is 12.5. The molecule has 1 aliphatic rings. The van der Waals surface area contributed by atoms with Crippen molar-refractivity contribution in [1.82, 2.24) is 0 Å². The van der Waals surface area contributed by atoms with Crippen LogP contribution in [0, 0.1) is 5.41 Å². The van der Waals surface area contributed by atoms with Gasteiger partial charge in [0.15, 0.2) is 0 Å². The number of nitrogens with one attached hydrogen (secondary N) is 1. The Hall–Kier alpha value is -2.12. The molecule has 1 aromatic carbocycles. The molecule has 2 amide bonds. The fraction of sp³-hybridized carbons (Fsp3) is 0.429. The van der Waals surface area contributed by atoms with Gasteiger partial charge in [0.05, 0.1) is 31.4 Å². The number of methoxy groups -OCH3 is 1. The van der Waals surface area contributed by atoms with Gasteiger partial charge in [0.1, 0.15) is 5.75 Å². The highest BCUT2D eigenvalue weighted by molar-refractivity contribution is 6.00. The van der Waals surface area contributed by atoms with Gasteiger partial charge in [-0.2, -0.15) is 0 Å². The van der Waals surface area contributed by atoms with E-state index in [-0.39, 0.29) is 24.1 Å². The molecule has 0 bridgehead atoms. The lowest BCUT2D eigenvalue weighted by Gasteiger charge is -2.26. The van der Waals surface area contributed by atoms with E-state index in [0.717, 1.165) is 0 Å². The van der Waals surface area contributed by atoms with Crippen LogP contribution in [0.3, 0.4) is 0 Å². The van der Waals surface area contributed by atoms with Gasteiger partial charge in [-0.05, 0) is 25.1 Å². The molecule has 1 aromatic rings. The summed E-state index contributed by atoms with van der Waals surface area (Å²) >= 11 is 0. The van der Waals surface area contributed by atoms with Crippen molar-refractivity contribution in [2.45, 2.75) is 13.0 Å². The zero-order valence-corrected chi connectivity index (χ0v) is 12.0. The molecule has 2 unspecified atom stereocenters. The van der Waals surface area contributed by atoms with E-state index in [0.29, 0.717) is 18.0 Å². The summed E-state index contributed by atoms with van der Waals surface area (Å²) in [6.07, 6.45) is 0. The minimum absolute atomic E-state index is 0.248. The average Bonchev–Trinajstić information content (AvgIpc) is 2.79. The Morgan fingerprint density at radius 1 is 1.48 bits per heavy atom. The molecule has 0 radical (unpaired) electrons. The van der Waals surface area contributed by atoms with Crippen LogP contribution < -0.4 is 21.5 Å². The highest BCUT2D eigenvalue weighted by Gasteiger charge is 2.44. The van der Waals surface area contributed by atoms with E-state index >= 15 is 0 Å². The number of rotatable bonds is 4. The van der Waals surface area contributed by atoms with Crippen molar-refractivity contribution < 1.29 is 19.1 Å². The van der Waals surface area contributed by atoms with Crippen LogP contribution in [0.15, 0.2) is 18.2 Å². The summed E-state index contributed by atoms with van der Waals surface area (Å²) in [5.41, 5.74) is 11.0. The lowest BCUT2D eigenvalue weighted by Crippen LogP contribution is -2.47. The van der Waals surface area contributed by atoms with Crippen LogP contribution in [0.2, 0.25) is 0 Å². The molecule has 114 valence electrons. The molecule has 21 heavy (non-hydrogen) atoms. The van der Waals surface area contributed by atoms with Gasteiger partial charge in [0.25, 0.3) is 0 Å². The Labute approximate surface area is 122 Å². The largest absolute Gasteiger partial charge is 0.495 e. The number of primary amides is 1. The van der Waals surface area contributed by atoms with Gasteiger partial charge in [0, 0.05) is 11.6 Å². The van der Waals surface area contributed by atoms with Gasteiger partial charge in [-0.1, -0.05) is 0 Å².